The molecular weight excluding hydrogens is 186 g/mol. The van der Waals surface area contributed by atoms with Crippen LogP contribution < -0.4 is 0 Å². The Kier molecular flexibility index (Phi) is 2.78. The van der Waals surface area contributed by atoms with Crippen molar-refractivity contribution in [1.82, 2.24) is 4.57 Å². The van der Waals surface area contributed by atoms with Gasteiger partial charge in [-0.2, -0.15) is 0 Å². The third-order valence-electron chi connectivity index (χ3n) is 2.91. The standard InChI is InChI=1S/C13H17NO/c1-3-11(15)8-10-9-14(2)13-7-5-4-6-12(10)13/h4-7,9,11,15H,3,8H2,1-2H3. The zero-order valence-corrected chi connectivity index (χ0v) is 9.27. The lowest BCUT2D eigenvalue weighted by atomic mass is 10.1. The zero-order chi connectivity index (χ0) is 10.8. The number of benzene rings is 1. The van der Waals surface area contributed by atoms with Crippen LogP contribution in [0.15, 0.2) is 30.5 Å². The van der Waals surface area contributed by atoms with E-state index >= 15 is 0 Å². The van der Waals surface area contributed by atoms with Gasteiger partial charge in [0, 0.05) is 30.6 Å². The summed E-state index contributed by atoms with van der Waals surface area (Å²) in [4.78, 5) is 0. The second-order valence-electron chi connectivity index (χ2n) is 4.05. The Labute approximate surface area is 90.2 Å². The summed E-state index contributed by atoms with van der Waals surface area (Å²) in [5.74, 6) is 0. The Hall–Kier alpha value is -1.28. The zero-order valence-electron chi connectivity index (χ0n) is 9.27. The summed E-state index contributed by atoms with van der Waals surface area (Å²) in [7, 11) is 2.05. The van der Waals surface area contributed by atoms with Gasteiger partial charge in [-0.1, -0.05) is 25.1 Å². The first-order valence-corrected chi connectivity index (χ1v) is 5.43. The van der Waals surface area contributed by atoms with E-state index in [4.69, 9.17) is 0 Å². The van der Waals surface area contributed by atoms with Crippen LogP contribution in [-0.2, 0) is 13.5 Å². The number of aryl methyl sites for hydroxylation is 1. The average Bonchev–Trinajstić information content (AvgIpc) is 2.57. The van der Waals surface area contributed by atoms with Crippen molar-refractivity contribution in [3.05, 3.63) is 36.0 Å². The van der Waals surface area contributed by atoms with E-state index in [2.05, 4.69) is 22.9 Å². The minimum absolute atomic E-state index is 0.226. The molecule has 15 heavy (non-hydrogen) atoms. The van der Waals surface area contributed by atoms with Crippen molar-refractivity contribution < 1.29 is 5.11 Å². The molecule has 0 aliphatic carbocycles. The third-order valence-corrected chi connectivity index (χ3v) is 2.91. The Balaban J connectivity index is 2.43. The van der Waals surface area contributed by atoms with Gasteiger partial charge in [0.15, 0.2) is 0 Å². The van der Waals surface area contributed by atoms with Gasteiger partial charge in [0.2, 0.25) is 0 Å². The van der Waals surface area contributed by atoms with Gasteiger partial charge in [-0.25, -0.2) is 0 Å². The summed E-state index contributed by atoms with van der Waals surface area (Å²) in [6.45, 7) is 2.01. The number of hydrogen-bond donors (Lipinski definition) is 1. The fourth-order valence-corrected chi connectivity index (χ4v) is 1.99. The van der Waals surface area contributed by atoms with E-state index in [0.29, 0.717) is 0 Å². The molecule has 1 unspecified atom stereocenters. The fraction of sp³-hybridized carbons (Fsp3) is 0.385. The van der Waals surface area contributed by atoms with Gasteiger partial charge in [-0.05, 0) is 18.1 Å². The first-order valence-electron chi connectivity index (χ1n) is 5.43. The van der Waals surface area contributed by atoms with E-state index < -0.39 is 0 Å². The second kappa shape index (κ2) is 4.07. The van der Waals surface area contributed by atoms with Crippen LogP contribution in [0.1, 0.15) is 18.9 Å². The lowest BCUT2D eigenvalue weighted by Gasteiger charge is -2.05. The van der Waals surface area contributed by atoms with Gasteiger partial charge in [0.05, 0.1) is 6.10 Å². The van der Waals surface area contributed by atoms with Crippen molar-refractivity contribution in [1.29, 1.82) is 0 Å². The first-order chi connectivity index (χ1) is 7.22. The number of aromatic nitrogens is 1. The Morgan fingerprint density at radius 3 is 2.80 bits per heavy atom. The molecule has 1 atom stereocenters. The van der Waals surface area contributed by atoms with Crippen LogP contribution in [-0.4, -0.2) is 15.8 Å². The van der Waals surface area contributed by atoms with Crippen molar-refractivity contribution >= 4 is 10.9 Å². The van der Waals surface area contributed by atoms with Crippen molar-refractivity contribution in [2.24, 2.45) is 7.05 Å². The number of nitrogens with zero attached hydrogens (tertiary/aromatic N) is 1. The molecule has 0 radical (unpaired) electrons. The topological polar surface area (TPSA) is 25.2 Å². The summed E-state index contributed by atoms with van der Waals surface area (Å²) in [5, 5.41) is 10.9. The largest absolute Gasteiger partial charge is 0.393 e. The maximum atomic E-state index is 9.67. The number of aliphatic hydroxyl groups excluding tert-OH is 1. The summed E-state index contributed by atoms with van der Waals surface area (Å²) in [6.07, 6.45) is 3.45. The molecule has 0 amide bonds. The predicted octanol–water partition coefficient (Wildman–Crippen LogP) is 2.49. The van der Waals surface area contributed by atoms with E-state index in [9.17, 15) is 5.11 Å². The predicted molar refractivity (Wildman–Crippen MR) is 62.9 cm³/mol. The van der Waals surface area contributed by atoms with Crippen LogP contribution in [0.2, 0.25) is 0 Å². The molecule has 1 heterocycles. The minimum atomic E-state index is -0.226. The van der Waals surface area contributed by atoms with E-state index in [1.807, 2.05) is 26.1 Å². The highest BCUT2D eigenvalue weighted by molar-refractivity contribution is 5.83. The molecule has 80 valence electrons. The molecule has 2 rings (SSSR count). The maximum Gasteiger partial charge on any atom is 0.0578 e. The lowest BCUT2D eigenvalue weighted by Crippen LogP contribution is -2.07. The summed E-state index contributed by atoms with van der Waals surface area (Å²) in [6, 6.07) is 8.32. The van der Waals surface area contributed by atoms with Crippen LogP contribution in [0.5, 0.6) is 0 Å². The highest BCUT2D eigenvalue weighted by Crippen LogP contribution is 2.21. The van der Waals surface area contributed by atoms with Crippen LogP contribution in [0, 0.1) is 0 Å². The molecule has 0 fully saturated rings. The molecule has 0 saturated heterocycles. The smallest absolute Gasteiger partial charge is 0.0578 e. The average molecular weight is 203 g/mol. The molecule has 2 heteroatoms. The normalized spacial score (nSPS) is 13.3. The van der Waals surface area contributed by atoms with Crippen molar-refractivity contribution in [2.75, 3.05) is 0 Å². The number of fused-ring (bicyclic) bond motifs is 1. The van der Waals surface area contributed by atoms with E-state index in [1.54, 1.807) is 0 Å². The molecular formula is C13H17NO. The molecule has 0 aliphatic rings. The van der Waals surface area contributed by atoms with Gasteiger partial charge >= 0.3 is 0 Å². The van der Waals surface area contributed by atoms with Gasteiger partial charge in [-0.3, -0.25) is 0 Å². The highest BCUT2D eigenvalue weighted by atomic mass is 16.3. The quantitative estimate of drug-likeness (QED) is 0.814. The number of aliphatic hydroxyl groups is 1. The minimum Gasteiger partial charge on any atom is -0.393 e. The Bertz CT molecular complexity index is 459. The summed E-state index contributed by atoms with van der Waals surface area (Å²) < 4.78 is 2.12. The van der Waals surface area contributed by atoms with Crippen LogP contribution >= 0.6 is 0 Å². The number of rotatable bonds is 3. The fourth-order valence-electron chi connectivity index (χ4n) is 1.99. The molecule has 0 bridgehead atoms. The molecule has 1 aromatic heterocycles. The highest BCUT2D eigenvalue weighted by Gasteiger charge is 2.09. The van der Waals surface area contributed by atoms with Crippen molar-refractivity contribution in [3.8, 4) is 0 Å². The molecule has 1 aromatic carbocycles. The second-order valence-corrected chi connectivity index (χ2v) is 4.05. The Morgan fingerprint density at radius 2 is 2.07 bits per heavy atom. The van der Waals surface area contributed by atoms with E-state index in [-0.39, 0.29) is 6.10 Å². The monoisotopic (exact) mass is 203 g/mol. The molecule has 0 spiro atoms. The third kappa shape index (κ3) is 1.90. The van der Waals surface area contributed by atoms with E-state index in [1.165, 1.54) is 16.5 Å². The SMILES string of the molecule is CCC(O)Cc1cn(C)c2ccccc12. The molecule has 0 aliphatic heterocycles. The van der Waals surface area contributed by atoms with Gasteiger partial charge < -0.3 is 9.67 Å². The van der Waals surface area contributed by atoms with Gasteiger partial charge in [0.1, 0.15) is 0 Å². The van der Waals surface area contributed by atoms with E-state index in [0.717, 1.165) is 12.8 Å². The summed E-state index contributed by atoms with van der Waals surface area (Å²) >= 11 is 0. The lowest BCUT2D eigenvalue weighted by molar-refractivity contribution is 0.171. The molecule has 2 aromatic rings. The molecule has 1 N–H and O–H groups in total. The van der Waals surface area contributed by atoms with Crippen LogP contribution in [0.4, 0.5) is 0 Å². The number of hydrogen-bond acceptors (Lipinski definition) is 1. The van der Waals surface area contributed by atoms with Gasteiger partial charge in [0.25, 0.3) is 0 Å². The van der Waals surface area contributed by atoms with Crippen molar-refractivity contribution in [3.63, 3.8) is 0 Å². The Morgan fingerprint density at radius 1 is 1.33 bits per heavy atom. The summed E-state index contributed by atoms with van der Waals surface area (Å²) in [5.41, 5.74) is 2.47. The molecule has 2 nitrogen and oxygen atoms in total. The van der Waals surface area contributed by atoms with Gasteiger partial charge in [-0.15, -0.1) is 0 Å². The molecule has 0 saturated carbocycles. The van der Waals surface area contributed by atoms with Crippen molar-refractivity contribution in [2.45, 2.75) is 25.9 Å². The maximum absolute atomic E-state index is 9.67. The first kappa shape index (κ1) is 10.2. The van der Waals surface area contributed by atoms with Crippen LogP contribution in [0.25, 0.3) is 10.9 Å². The van der Waals surface area contributed by atoms with Crippen LogP contribution in [0.3, 0.4) is 0 Å². The number of para-hydroxylation sites is 1.